The minimum absolute atomic E-state index is 0.426. The summed E-state index contributed by atoms with van der Waals surface area (Å²) in [4.78, 5) is 5.87. The van der Waals surface area contributed by atoms with Crippen molar-refractivity contribution in [3.63, 3.8) is 0 Å². The first-order chi connectivity index (χ1) is 5.29. The van der Waals surface area contributed by atoms with Crippen LogP contribution in [0.4, 0.5) is 5.95 Å². The van der Waals surface area contributed by atoms with Gasteiger partial charge in [0.05, 0.1) is 13.2 Å². The zero-order chi connectivity index (χ0) is 7.84. The highest BCUT2D eigenvalue weighted by Gasteiger charge is 2.32. The van der Waals surface area contributed by atoms with Crippen molar-refractivity contribution in [2.45, 2.75) is 12.8 Å². The summed E-state index contributed by atoms with van der Waals surface area (Å²) < 4.78 is 1.92. The van der Waals surface area contributed by atoms with Gasteiger partial charge in [0.25, 0.3) is 0 Å². The zero-order valence-electron chi connectivity index (χ0n) is 6.31. The summed E-state index contributed by atoms with van der Waals surface area (Å²) in [5.74, 6) is 0.819. The summed E-state index contributed by atoms with van der Waals surface area (Å²) in [5, 5.41) is 9.38. The second kappa shape index (κ2) is 2.17. The van der Waals surface area contributed by atoms with E-state index in [9.17, 15) is 5.11 Å². The Labute approximate surface area is 64.7 Å². The topological polar surface area (TPSA) is 40.2 Å². The van der Waals surface area contributed by atoms with E-state index in [1.165, 1.54) is 0 Å². The molecule has 0 spiro atoms. The molecule has 0 saturated carbocycles. The maximum Gasteiger partial charge on any atom is 0.396 e. The molecular weight excluding hydrogens is 142 g/mol. The Bertz CT molecular complexity index is 276. The molecule has 0 aliphatic carbocycles. The Morgan fingerprint density at radius 2 is 2.64 bits per heavy atom. The fraction of sp³-hybridized carbons (Fsp3) is 0.429. The van der Waals surface area contributed by atoms with Crippen molar-refractivity contribution in [1.82, 2.24) is 4.98 Å². The van der Waals surface area contributed by atoms with Crippen LogP contribution in [0.3, 0.4) is 0 Å². The van der Waals surface area contributed by atoms with Crippen LogP contribution in [0.15, 0.2) is 18.5 Å². The summed E-state index contributed by atoms with van der Waals surface area (Å²) >= 11 is 0. The third kappa shape index (κ3) is 0.867. The Morgan fingerprint density at radius 3 is 3.36 bits per heavy atom. The predicted octanol–water partition coefficient (Wildman–Crippen LogP) is -0.863. The van der Waals surface area contributed by atoms with Gasteiger partial charge in [-0.15, -0.1) is 0 Å². The molecule has 0 aromatic carbocycles. The monoisotopic (exact) mass is 152 g/mol. The first-order valence-corrected chi connectivity index (χ1v) is 3.54. The van der Waals surface area contributed by atoms with Gasteiger partial charge in [0, 0.05) is 6.07 Å². The van der Waals surface area contributed by atoms with E-state index in [4.69, 9.17) is 0 Å². The SMILES string of the molecule is CN1c2nccc[n+]2CC1O. The Balaban J connectivity index is 2.47. The van der Waals surface area contributed by atoms with Crippen LogP contribution in [-0.2, 0) is 6.54 Å². The molecule has 0 amide bonds. The highest BCUT2D eigenvalue weighted by atomic mass is 16.3. The van der Waals surface area contributed by atoms with Gasteiger partial charge in [-0.3, -0.25) is 0 Å². The minimum atomic E-state index is -0.426. The number of anilines is 1. The Morgan fingerprint density at radius 1 is 1.82 bits per heavy atom. The molecule has 0 fully saturated rings. The van der Waals surface area contributed by atoms with Gasteiger partial charge < -0.3 is 5.11 Å². The minimum Gasteiger partial charge on any atom is -0.359 e. The third-order valence-corrected chi connectivity index (χ3v) is 1.92. The summed E-state index contributed by atoms with van der Waals surface area (Å²) in [6.45, 7) is 0.611. The summed E-state index contributed by atoms with van der Waals surface area (Å²) in [5.41, 5.74) is 0. The van der Waals surface area contributed by atoms with Gasteiger partial charge in [0.2, 0.25) is 6.23 Å². The smallest absolute Gasteiger partial charge is 0.359 e. The standard InChI is InChI=1S/C7H10N3O/c1-9-6(11)5-10-4-2-3-8-7(9)10/h2-4,6,11H,5H2,1H3/q+1. The molecule has 2 rings (SSSR count). The zero-order valence-corrected chi connectivity index (χ0v) is 6.31. The van der Waals surface area contributed by atoms with Crippen LogP contribution in [0.5, 0.6) is 0 Å². The Hall–Kier alpha value is -1.16. The average molecular weight is 152 g/mol. The van der Waals surface area contributed by atoms with Crippen LogP contribution >= 0.6 is 0 Å². The van der Waals surface area contributed by atoms with Crippen molar-refractivity contribution in [1.29, 1.82) is 0 Å². The summed E-state index contributed by atoms with van der Waals surface area (Å²) in [6, 6.07) is 1.86. The molecule has 1 aromatic rings. The van der Waals surface area contributed by atoms with Gasteiger partial charge in [-0.25, -0.2) is 9.47 Å². The number of likely N-dealkylation sites (N-methyl/N-ethyl adjacent to an activating group) is 1. The maximum atomic E-state index is 9.38. The fourth-order valence-corrected chi connectivity index (χ4v) is 1.26. The number of aliphatic hydroxyl groups excluding tert-OH is 1. The lowest BCUT2D eigenvalue weighted by Crippen LogP contribution is -2.32. The lowest BCUT2D eigenvalue weighted by Gasteiger charge is -2.04. The van der Waals surface area contributed by atoms with E-state index in [2.05, 4.69) is 4.98 Å². The van der Waals surface area contributed by atoms with Crippen molar-refractivity contribution < 1.29 is 9.67 Å². The molecule has 0 radical (unpaired) electrons. The highest BCUT2D eigenvalue weighted by Crippen LogP contribution is 2.10. The molecule has 1 unspecified atom stereocenters. The van der Waals surface area contributed by atoms with Crippen LogP contribution in [0.2, 0.25) is 0 Å². The van der Waals surface area contributed by atoms with E-state index in [0.29, 0.717) is 6.54 Å². The van der Waals surface area contributed by atoms with Gasteiger partial charge in [-0.05, 0) is 0 Å². The summed E-state index contributed by atoms with van der Waals surface area (Å²) in [7, 11) is 1.83. The molecular formula is C7H10N3O+. The second-order valence-corrected chi connectivity index (χ2v) is 2.66. The molecule has 0 saturated heterocycles. The lowest BCUT2D eigenvalue weighted by atomic mass is 10.5. The Kier molecular flexibility index (Phi) is 1.29. The highest BCUT2D eigenvalue weighted by molar-refractivity contribution is 5.23. The van der Waals surface area contributed by atoms with E-state index in [0.717, 1.165) is 5.95 Å². The molecule has 1 aromatic heterocycles. The number of nitrogens with zero attached hydrogens (tertiary/aromatic N) is 3. The maximum absolute atomic E-state index is 9.38. The quantitative estimate of drug-likeness (QED) is 0.492. The van der Waals surface area contributed by atoms with E-state index in [-0.39, 0.29) is 0 Å². The molecule has 1 aliphatic heterocycles. The number of aliphatic hydroxyl groups is 1. The van der Waals surface area contributed by atoms with Gasteiger partial charge in [0.1, 0.15) is 12.7 Å². The molecule has 1 aliphatic rings. The number of aromatic nitrogens is 2. The molecule has 11 heavy (non-hydrogen) atoms. The first-order valence-electron chi connectivity index (χ1n) is 3.54. The number of fused-ring (bicyclic) bond motifs is 1. The van der Waals surface area contributed by atoms with Crippen molar-refractivity contribution >= 4 is 5.95 Å². The fourth-order valence-electron chi connectivity index (χ4n) is 1.26. The van der Waals surface area contributed by atoms with Gasteiger partial charge in [-0.1, -0.05) is 4.98 Å². The van der Waals surface area contributed by atoms with Gasteiger partial charge in [-0.2, -0.15) is 0 Å². The molecule has 0 bridgehead atoms. The average Bonchev–Trinajstić information content (AvgIpc) is 2.30. The molecule has 1 N–H and O–H groups in total. The van der Waals surface area contributed by atoms with Crippen molar-refractivity contribution in [3.8, 4) is 0 Å². The largest absolute Gasteiger partial charge is 0.396 e. The van der Waals surface area contributed by atoms with Crippen LogP contribution < -0.4 is 9.47 Å². The normalized spacial score (nSPS) is 22.0. The van der Waals surface area contributed by atoms with E-state index in [1.54, 1.807) is 11.1 Å². The molecule has 58 valence electrons. The lowest BCUT2D eigenvalue weighted by molar-refractivity contribution is -0.679. The molecule has 2 heterocycles. The number of hydrogen-bond donors (Lipinski definition) is 1. The van der Waals surface area contributed by atoms with Gasteiger partial charge in [0.15, 0.2) is 0 Å². The molecule has 4 heteroatoms. The van der Waals surface area contributed by atoms with E-state index < -0.39 is 6.23 Å². The second-order valence-electron chi connectivity index (χ2n) is 2.66. The van der Waals surface area contributed by atoms with Crippen molar-refractivity contribution in [3.05, 3.63) is 18.5 Å². The number of rotatable bonds is 0. The van der Waals surface area contributed by atoms with Gasteiger partial charge >= 0.3 is 5.95 Å². The van der Waals surface area contributed by atoms with Crippen molar-refractivity contribution in [2.24, 2.45) is 0 Å². The predicted molar refractivity (Wildman–Crippen MR) is 38.8 cm³/mol. The van der Waals surface area contributed by atoms with Crippen LogP contribution in [0.1, 0.15) is 0 Å². The van der Waals surface area contributed by atoms with Crippen molar-refractivity contribution in [2.75, 3.05) is 11.9 Å². The third-order valence-electron chi connectivity index (χ3n) is 1.92. The number of hydrogen-bond acceptors (Lipinski definition) is 3. The van der Waals surface area contributed by atoms with E-state index in [1.807, 2.05) is 23.9 Å². The van der Waals surface area contributed by atoms with Crippen LogP contribution in [0, 0.1) is 0 Å². The van der Waals surface area contributed by atoms with E-state index >= 15 is 0 Å². The first kappa shape index (κ1) is 6.54. The van der Waals surface area contributed by atoms with Crippen LogP contribution in [-0.4, -0.2) is 23.4 Å². The molecule has 4 nitrogen and oxygen atoms in total. The summed E-state index contributed by atoms with van der Waals surface area (Å²) in [6.07, 6.45) is 3.21. The molecule has 1 atom stereocenters. The van der Waals surface area contributed by atoms with Crippen LogP contribution in [0.25, 0.3) is 0 Å².